The van der Waals surface area contributed by atoms with E-state index in [1.807, 2.05) is 0 Å². The SMILES string of the molecule is CN(C)c1c(C2(O)CNC2)ccc(F)c1F. The molecular weight excluding hydrogens is 214 g/mol. The molecule has 1 heterocycles. The van der Waals surface area contributed by atoms with Crippen LogP contribution in [-0.2, 0) is 5.60 Å². The molecule has 0 amide bonds. The van der Waals surface area contributed by atoms with Crippen molar-refractivity contribution in [3.8, 4) is 0 Å². The molecule has 0 spiro atoms. The van der Waals surface area contributed by atoms with Gasteiger partial charge in [-0.05, 0) is 6.07 Å². The normalized spacial score (nSPS) is 18.1. The Hall–Kier alpha value is -1.20. The maximum absolute atomic E-state index is 13.7. The molecule has 0 aromatic heterocycles. The first-order chi connectivity index (χ1) is 7.46. The van der Waals surface area contributed by atoms with Crippen molar-refractivity contribution in [1.82, 2.24) is 5.32 Å². The molecule has 0 unspecified atom stereocenters. The first-order valence-electron chi connectivity index (χ1n) is 5.04. The quantitative estimate of drug-likeness (QED) is 0.786. The summed E-state index contributed by atoms with van der Waals surface area (Å²) in [4.78, 5) is 1.48. The lowest BCUT2D eigenvalue weighted by molar-refractivity contribution is -0.0144. The smallest absolute Gasteiger partial charge is 0.182 e. The summed E-state index contributed by atoms with van der Waals surface area (Å²) >= 11 is 0. The van der Waals surface area contributed by atoms with E-state index >= 15 is 0 Å². The monoisotopic (exact) mass is 228 g/mol. The van der Waals surface area contributed by atoms with Crippen LogP contribution in [-0.4, -0.2) is 32.3 Å². The Morgan fingerprint density at radius 2 is 1.94 bits per heavy atom. The molecule has 0 bridgehead atoms. The van der Waals surface area contributed by atoms with E-state index in [9.17, 15) is 13.9 Å². The van der Waals surface area contributed by atoms with Crippen molar-refractivity contribution in [2.24, 2.45) is 0 Å². The van der Waals surface area contributed by atoms with Crippen molar-refractivity contribution in [1.29, 1.82) is 0 Å². The molecule has 1 aliphatic heterocycles. The fraction of sp³-hybridized carbons (Fsp3) is 0.455. The van der Waals surface area contributed by atoms with Crippen molar-refractivity contribution in [2.75, 3.05) is 32.1 Å². The second kappa shape index (κ2) is 3.68. The van der Waals surface area contributed by atoms with Crippen LogP contribution in [0, 0.1) is 11.6 Å². The van der Waals surface area contributed by atoms with Gasteiger partial charge in [0.25, 0.3) is 0 Å². The summed E-state index contributed by atoms with van der Waals surface area (Å²) in [5, 5.41) is 13.1. The highest BCUT2D eigenvalue weighted by Crippen LogP contribution is 2.35. The number of nitrogens with zero attached hydrogens (tertiary/aromatic N) is 1. The molecule has 0 atom stereocenters. The van der Waals surface area contributed by atoms with Gasteiger partial charge in [0.1, 0.15) is 5.60 Å². The predicted octanol–water partition coefficient (Wildman–Crippen LogP) is 0.822. The number of nitrogens with one attached hydrogen (secondary N) is 1. The number of benzene rings is 1. The lowest BCUT2D eigenvalue weighted by Crippen LogP contribution is -2.57. The van der Waals surface area contributed by atoms with Crippen molar-refractivity contribution in [3.05, 3.63) is 29.3 Å². The van der Waals surface area contributed by atoms with E-state index in [2.05, 4.69) is 5.32 Å². The fourth-order valence-electron chi connectivity index (χ4n) is 1.90. The molecule has 0 saturated carbocycles. The summed E-state index contributed by atoms with van der Waals surface area (Å²) in [5.74, 6) is -1.81. The van der Waals surface area contributed by atoms with Gasteiger partial charge < -0.3 is 15.3 Å². The third-order valence-electron chi connectivity index (χ3n) is 2.85. The largest absolute Gasteiger partial charge is 0.382 e. The van der Waals surface area contributed by atoms with Crippen LogP contribution in [0.1, 0.15) is 5.56 Å². The van der Waals surface area contributed by atoms with Crippen LogP contribution >= 0.6 is 0 Å². The highest BCUT2D eigenvalue weighted by molar-refractivity contribution is 5.57. The van der Waals surface area contributed by atoms with Gasteiger partial charge in [-0.2, -0.15) is 0 Å². The summed E-state index contributed by atoms with van der Waals surface area (Å²) in [6.45, 7) is 0.720. The predicted molar refractivity (Wildman–Crippen MR) is 57.5 cm³/mol. The standard InChI is InChI=1S/C11H14F2N2O/c1-15(2)10-7(11(16)5-14-6-11)3-4-8(12)9(10)13/h3-4,14,16H,5-6H2,1-2H3. The van der Waals surface area contributed by atoms with Crippen molar-refractivity contribution >= 4 is 5.69 Å². The van der Waals surface area contributed by atoms with Crippen LogP contribution in [0.3, 0.4) is 0 Å². The van der Waals surface area contributed by atoms with Crippen LogP contribution in [0.15, 0.2) is 12.1 Å². The number of hydrogen-bond donors (Lipinski definition) is 2. The highest BCUT2D eigenvalue weighted by Gasteiger charge is 2.39. The molecular formula is C11H14F2N2O. The van der Waals surface area contributed by atoms with Crippen LogP contribution in [0.25, 0.3) is 0 Å². The first-order valence-corrected chi connectivity index (χ1v) is 5.04. The Morgan fingerprint density at radius 3 is 2.38 bits per heavy atom. The van der Waals surface area contributed by atoms with Gasteiger partial charge >= 0.3 is 0 Å². The molecule has 0 aliphatic carbocycles. The first kappa shape index (κ1) is 11.3. The van der Waals surface area contributed by atoms with Crippen molar-refractivity contribution in [2.45, 2.75) is 5.60 Å². The Bertz CT molecular complexity index is 417. The zero-order valence-corrected chi connectivity index (χ0v) is 9.22. The van der Waals surface area contributed by atoms with Gasteiger partial charge in [-0.3, -0.25) is 0 Å². The van der Waals surface area contributed by atoms with E-state index in [0.717, 1.165) is 6.07 Å². The van der Waals surface area contributed by atoms with E-state index in [1.54, 1.807) is 14.1 Å². The number of β-amino-alcohol motifs (C(OH)–C–C–N with tert-alkyl or cyclic N) is 1. The second-order valence-electron chi connectivity index (χ2n) is 4.29. The molecule has 16 heavy (non-hydrogen) atoms. The molecule has 1 aromatic carbocycles. The molecule has 5 heteroatoms. The topological polar surface area (TPSA) is 35.5 Å². The van der Waals surface area contributed by atoms with Crippen LogP contribution in [0.4, 0.5) is 14.5 Å². The van der Waals surface area contributed by atoms with E-state index in [1.165, 1.54) is 11.0 Å². The molecule has 0 radical (unpaired) electrons. The van der Waals surface area contributed by atoms with Gasteiger partial charge in [0.15, 0.2) is 11.6 Å². The van der Waals surface area contributed by atoms with E-state index < -0.39 is 17.2 Å². The van der Waals surface area contributed by atoms with Crippen LogP contribution < -0.4 is 10.2 Å². The average Bonchev–Trinajstić information content (AvgIpc) is 2.17. The lowest BCUT2D eigenvalue weighted by atomic mass is 9.86. The Kier molecular flexibility index (Phi) is 2.59. The van der Waals surface area contributed by atoms with Crippen molar-refractivity contribution in [3.63, 3.8) is 0 Å². The minimum Gasteiger partial charge on any atom is -0.382 e. The average molecular weight is 228 g/mol. The van der Waals surface area contributed by atoms with Gasteiger partial charge in [0.2, 0.25) is 0 Å². The van der Waals surface area contributed by atoms with Gasteiger partial charge in [0, 0.05) is 32.7 Å². The van der Waals surface area contributed by atoms with E-state index in [-0.39, 0.29) is 5.69 Å². The summed E-state index contributed by atoms with van der Waals surface area (Å²) in [6, 6.07) is 2.49. The van der Waals surface area contributed by atoms with E-state index in [4.69, 9.17) is 0 Å². The Labute approximate surface area is 92.7 Å². The van der Waals surface area contributed by atoms with Gasteiger partial charge in [-0.1, -0.05) is 6.07 Å². The number of halogens is 2. The minimum absolute atomic E-state index is 0.115. The van der Waals surface area contributed by atoms with Crippen molar-refractivity contribution < 1.29 is 13.9 Å². The van der Waals surface area contributed by atoms with Gasteiger partial charge in [0.05, 0.1) is 5.69 Å². The van der Waals surface area contributed by atoms with Gasteiger partial charge in [-0.15, -0.1) is 0 Å². The highest BCUT2D eigenvalue weighted by atomic mass is 19.2. The number of rotatable bonds is 2. The molecule has 1 aliphatic rings. The summed E-state index contributed by atoms with van der Waals surface area (Å²) < 4.78 is 26.8. The van der Waals surface area contributed by atoms with E-state index in [0.29, 0.717) is 18.7 Å². The summed E-state index contributed by atoms with van der Waals surface area (Å²) in [7, 11) is 3.24. The maximum atomic E-state index is 13.7. The number of aliphatic hydroxyl groups is 1. The number of hydrogen-bond acceptors (Lipinski definition) is 3. The molecule has 2 rings (SSSR count). The third-order valence-corrected chi connectivity index (χ3v) is 2.85. The van der Waals surface area contributed by atoms with Crippen LogP contribution in [0.2, 0.25) is 0 Å². The molecule has 88 valence electrons. The fourth-order valence-corrected chi connectivity index (χ4v) is 1.90. The molecule has 3 nitrogen and oxygen atoms in total. The van der Waals surface area contributed by atoms with Gasteiger partial charge in [-0.25, -0.2) is 8.78 Å². The maximum Gasteiger partial charge on any atom is 0.182 e. The zero-order valence-electron chi connectivity index (χ0n) is 9.22. The summed E-state index contributed by atoms with van der Waals surface area (Å²) in [6.07, 6.45) is 0. The molecule has 2 N–H and O–H groups in total. The molecule has 1 fully saturated rings. The number of anilines is 1. The third kappa shape index (κ3) is 1.56. The molecule has 1 saturated heterocycles. The molecule has 1 aromatic rings. The Balaban J connectivity index is 2.57. The Morgan fingerprint density at radius 1 is 1.31 bits per heavy atom. The second-order valence-corrected chi connectivity index (χ2v) is 4.29. The summed E-state index contributed by atoms with van der Waals surface area (Å²) in [5.41, 5.74) is -0.548. The van der Waals surface area contributed by atoms with Crippen LogP contribution in [0.5, 0.6) is 0 Å². The lowest BCUT2D eigenvalue weighted by Gasteiger charge is -2.40. The zero-order chi connectivity index (χ0) is 11.9. The minimum atomic E-state index is -1.09.